The molecule has 1 aromatic heterocycles. The molecular formula is C28H34ClN7O4S. The van der Waals surface area contributed by atoms with Crippen molar-refractivity contribution in [1.29, 1.82) is 0 Å². The second-order valence-electron chi connectivity index (χ2n) is 10.5. The maximum Gasteiger partial charge on any atom is 0.238 e. The van der Waals surface area contributed by atoms with Crippen LogP contribution in [0.1, 0.15) is 36.8 Å². The molecule has 3 aromatic rings. The minimum Gasteiger partial charge on any atom is -0.495 e. The Kier molecular flexibility index (Phi) is 8.93. The number of methoxy groups -OCH3 is 1. The summed E-state index contributed by atoms with van der Waals surface area (Å²) in [5.41, 5.74) is 3.30. The lowest BCUT2D eigenvalue weighted by Crippen LogP contribution is -2.38. The van der Waals surface area contributed by atoms with Crippen molar-refractivity contribution in [2.24, 2.45) is 11.1 Å². The van der Waals surface area contributed by atoms with Crippen molar-refractivity contribution in [3.05, 3.63) is 64.8 Å². The number of benzene rings is 2. The zero-order valence-electron chi connectivity index (χ0n) is 22.8. The number of halogens is 1. The number of nitrogens with two attached hydrogens (primary N) is 1. The number of hydrogen-bond acceptors (Lipinski definition) is 9. The largest absolute Gasteiger partial charge is 0.495 e. The summed E-state index contributed by atoms with van der Waals surface area (Å²) in [6.45, 7) is 1.47. The number of fused-ring (bicyclic) bond motifs is 1. The van der Waals surface area contributed by atoms with Gasteiger partial charge in [0, 0.05) is 24.8 Å². The molecule has 13 heteroatoms. The van der Waals surface area contributed by atoms with E-state index in [0.717, 1.165) is 36.8 Å². The average molecular weight is 600 g/mol. The lowest BCUT2D eigenvalue weighted by atomic mass is 9.86. The van der Waals surface area contributed by atoms with Crippen LogP contribution < -0.4 is 25.8 Å². The van der Waals surface area contributed by atoms with Crippen LogP contribution in [0.4, 0.5) is 23.1 Å². The van der Waals surface area contributed by atoms with Gasteiger partial charge in [-0.15, -0.1) is 0 Å². The van der Waals surface area contributed by atoms with Crippen LogP contribution in [0.15, 0.2) is 48.7 Å². The number of aromatic nitrogens is 2. The van der Waals surface area contributed by atoms with Crippen LogP contribution >= 0.6 is 11.6 Å². The lowest BCUT2D eigenvalue weighted by Gasteiger charge is -2.32. The number of carbonyl (C=O) groups excluding carboxylic acids is 1. The van der Waals surface area contributed by atoms with Crippen LogP contribution in [0.25, 0.3) is 0 Å². The van der Waals surface area contributed by atoms with Crippen LogP contribution in [-0.4, -0.2) is 54.6 Å². The van der Waals surface area contributed by atoms with Gasteiger partial charge in [0.15, 0.2) is 5.82 Å². The minimum atomic E-state index is -3.61. The Bertz CT molecular complexity index is 1510. The molecule has 5 rings (SSSR count). The van der Waals surface area contributed by atoms with Crippen molar-refractivity contribution in [2.45, 2.75) is 44.8 Å². The Morgan fingerprint density at radius 1 is 1.17 bits per heavy atom. The molecule has 218 valence electrons. The standard InChI is InChI=1S/C28H34ClN7O4S/c1-40-25-11-20-15-36(14-18-7-3-2-4-8-18)16-26(37)32-23(20)12-24(25)34-28-31-13-21(29)27(35-28)33-22-10-6-5-9-19(22)17-41(30,38)39/h2-4,7-8,11-13,19,22H,5-6,9-10,14-17H2,1H3,(H,32,37)(H2,30,38,39)(H2,31,33,34,35)/t19-,22+/m0/s1. The van der Waals surface area contributed by atoms with Crippen molar-refractivity contribution < 1.29 is 17.9 Å². The van der Waals surface area contributed by atoms with Crippen molar-refractivity contribution >= 4 is 50.7 Å². The highest BCUT2D eigenvalue weighted by molar-refractivity contribution is 7.89. The fourth-order valence-electron chi connectivity index (χ4n) is 5.50. The zero-order chi connectivity index (χ0) is 29.0. The Balaban J connectivity index is 1.36. The summed E-state index contributed by atoms with van der Waals surface area (Å²) in [6.07, 6.45) is 4.93. The van der Waals surface area contributed by atoms with E-state index in [2.05, 4.69) is 30.8 Å². The maximum atomic E-state index is 12.8. The molecule has 0 saturated heterocycles. The summed E-state index contributed by atoms with van der Waals surface area (Å²) < 4.78 is 29.2. The minimum absolute atomic E-state index is 0.0979. The Hall–Kier alpha value is -3.45. The number of sulfonamides is 1. The summed E-state index contributed by atoms with van der Waals surface area (Å²) >= 11 is 6.42. The van der Waals surface area contributed by atoms with E-state index < -0.39 is 10.0 Å². The van der Waals surface area contributed by atoms with Gasteiger partial charge in [-0.3, -0.25) is 9.69 Å². The van der Waals surface area contributed by atoms with Crippen LogP contribution in [0.5, 0.6) is 5.75 Å². The van der Waals surface area contributed by atoms with Gasteiger partial charge in [-0.2, -0.15) is 4.98 Å². The first kappa shape index (κ1) is 29.1. The Morgan fingerprint density at radius 2 is 1.95 bits per heavy atom. The zero-order valence-corrected chi connectivity index (χ0v) is 24.3. The SMILES string of the molecule is COc1cc2c(cc1Nc1ncc(Cl)c(N[C@@H]3CCCC[C@H]3CS(N)(=O)=O)n1)NC(=O)CN(Cc1ccccc1)C2. The molecule has 2 atom stereocenters. The predicted molar refractivity (Wildman–Crippen MR) is 160 cm³/mol. The lowest BCUT2D eigenvalue weighted by molar-refractivity contribution is -0.117. The second-order valence-corrected chi connectivity index (χ2v) is 12.6. The molecule has 1 fully saturated rings. The first-order valence-corrected chi connectivity index (χ1v) is 15.6. The van der Waals surface area contributed by atoms with Gasteiger partial charge in [-0.25, -0.2) is 18.5 Å². The van der Waals surface area contributed by atoms with Gasteiger partial charge >= 0.3 is 0 Å². The molecule has 1 aliphatic heterocycles. The van der Waals surface area contributed by atoms with Gasteiger partial charge in [0.1, 0.15) is 10.8 Å². The number of hydrogen-bond donors (Lipinski definition) is 4. The second kappa shape index (κ2) is 12.6. The van der Waals surface area contributed by atoms with E-state index in [1.54, 1.807) is 7.11 Å². The van der Waals surface area contributed by atoms with Crippen LogP contribution in [0, 0.1) is 5.92 Å². The van der Waals surface area contributed by atoms with Crippen LogP contribution in [0.2, 0.25) is 5.02 Å². The van der Waals surface area contributed by atoms with Crippen molar-refractivity contribution in [3.63, 3.8) is 0 Å². The first-order chi connectivity index (χ1) is 19.7. The number of primary sulfonamides is 1. The van der Waals surface area contributed by atoms with Crippen LogP contribution in [0.3, 0.4) is 0 Å². The molecule has 2 heterocycles. The molecule has 41 heavy (non-hydrogen) atoms. The molecule has 0 radical (unpaired) electrons. The number of nitrogens with zero attached hydrogens (tertiary/aromatic N) is 3. The fourth-order valence-corrected chi connectivity index (χ4v) is 6.64. The van der Waals surface area contributed by atoms with Gasteiger partial charge in [-0.05, 0) is 42.0 Å². The number of nitrogens with one attached hydrogen (secondary N) is 3. The van der Waals surface area contributed by atoms with E-state index in [4.69, 9.17) is 21.5 Å². The quantitative estimate of drug-likeness (QED) is 0.285. The molecule has 2 aromatic carbocycles. The highest BCUT2D eigenvalue weighted by atomic mass is 35.5. The third-order valence-electron chi connectivity index (χ3n) is 7.38. The normalized spacial score (nSPS) is 19.5. The summed E-state index contributed by atoms with van der Waals surface area (Å²) in [5, 5.41) is 15.2. The number of anilines is 4. The monoisotopic (exact) mass is 599 g/mol. The third-order valence-corrected chi connectivity index (χ3v) is 8.55. The molecule has 0 unspecified atom stereocenters. The molecule has 1 amide bonds. The van der Waals surface area contributed by atoms with E-state index in [1.807, 2.05) is 42.5 Å². The molecule has 1 aliphatic carbocycles. The Labute approximate surface area is 244 Å². The third kappa shape index (κ3) is 7.64. The first-order valence-electron chi connectivity index (χ1n) is 13.5. The smallest absolute Gasteiger partial charge is 0.238 e. The van der Waals surface area contributed by atoms with Gasteiger partial charge in [0.25, 0.3) is 0 Å². The van der Waals surface area contributed by atoms with Gasteiger partial charge in [0.2, 0.25) is 21.9 Å². The summed E-state index contributed by atoms with van der Waals surface area (Å²) in [4.78, 5) is 23.7. The van der Waals surface area contributed by atoms with E-state index in [9.17, 15) is 13.2 Å². The summed E-state index contributed by atoms with van der Waals surface area (Å²) in [5.74, 6) is 0.878. The molecule has 5 N–H and O–H groups in total. The molecular weight excluding hydrogens is 566 g/mol. The van der Waals surface area contributed by atoms with Crippen LogP contribution in [-0.2, 0) is 27.9 Å². The van der Waals surface area contributed by atoms with E-state index >= 15 is 0 Å². The summed E-state index contributed by atoms with van der Waals surface area (Å²) in [6, 6.07) is 13.6. The maximum absolute atomic E-state index is 12.8. The van der Waals surface area contributed by atoms with Crippen molar-refractivity contribution in [1.82, 2.24) is 14.9 Å². The number of carbonyl (C=O) groups is 1. The van der Waals surface area contributed by atoms with Gasteiger partial charge in [-0.1, -0.05) is 54.8 Å². The molecule has 1 saturated carbocycles. The molecule has 0 bridgehead atoms. The van der Waals surface area contributed by atoms with Gasteiger partial charge in [0.05, 0.1) is 31.3 Å². The van der Waals surface area contributed by atoms with E-state index in [0.29, 0.717) is 41.1 Å². The average Bonchev–Trinajstić information content (AvgIpc) is 3.07. The molecule has 11 nitrogen and oxygen atoms in total. The highest BCUT2D eigenvalue weighted by Crippen LogP contribution is 2.36. The van der Waals surface area contributed by atoms with E-state index in [-0.39, 0.29) is 36.1 Å². The molecule has 2 aliphatic rings. The fraction of sp³-hybridized carbons (Fsp3) is 0.393. The van der Waals surface area contributed by atoms with Crippen molar-refractivity contribution in [3.8, 4) is 5.75 Å². The number of ether oxygens (including phenoxy) is 1. The summed E-state index contributed by atoms with van der Waals surface area (Å²) in [7, 11) is -2.04. The van der Waals surface area contributed by atoms with Gasteiger partial charge < -0.3 is 20.7 Å². The number of amides is 1. The van der Waals surface area contributed by atoms with Crippen molar-refractivity contribution in [2.75, 3.05) is 35.4 Å². The predicted octanol–water partition coefficient (Wildman–Crippen LogP) is 4.10. The number of rotatable bonds is 9. The highest BCUT2D eigenvalue weighted by Gasteiger charge is 2.29. The molecule has 0 spiro atoms. The topological polar surface area (TPSA) is 152 Å². The van der Waals surface area contributed by atoms with E-state index in [1.165, 1.54) is 6.20 Å². The Morgan fingerprint density at radius 3 is 2.71 bits per heavy atom.